The van der Waals surface area contributed by atoms with E-state index >= 15 is 0 Å². The van der Waals surface area contributed by atoms with E-state index in [9.17, 15) is 14.7 Å². The Morgan fingerprint density at radius 3 is 2.76 bits per heavy atom. The standard InChI is InChI=1S/C20H20O4S/c1-20(23)10-17-15(9-18(20)21)16(19(22)24-17)11-25-14-7-6-12-4-2-3-5-13(12)8-14/h2-8,15-17,23H,9-11H2,1H3/t15-,16-,17-,20+/m1/s1. The highest BCUT2D eigenvalue weighted by Crippen LogP contribution is 2.43. The number of aliphatic hydroxyl groups is 1. The maximum absolute atomic E-state index is 12.3. The molecule has 1 heterocycles. The number of thioether (sulfide) groups is 1. The molecule has 130 valence electrons. The maximum Gasteiger partial charge on any atom is 0.310 e. The number of hydrogen-bond acceptors (Lipinski definition) is 5. The van der Waals surface area contributed by atoms with Gasteiger partial charge in [0.05, 0.1) is 5.92 Å². The molecule has 1 saturated carbocycles. The summed E-state index contributed by atoms with van der Waals surface area (Å²) in [6.45, 7) is 1.51. The lowest BCUT2D eigenvalue weighted by atomic mass is 9.74. The van der Waals surface area contributed by atoms with Crippen molar-refractivity contribution >= 4 is 34.3 Å². The van der Waals surface area contributed by atoms with Crippen LogP contribution in [0.25, 0.3) is 10.8 Å². The van der Waals surface area contributed by atoms with Crippen molar-refractivity contribution in [3.8, 4) is 0 Å². The number of hydrogen-bond donors (Lipinski definition) is 1. The maximum atomic E-state index is 12.3. The number of carbonyl (C=O) groups excluding carboxylic acids is 2. The molecule has 4 atom stereocenters. The number of Topliss-reactive ketones (excluding diaryl/α,β-unsaturated/α-hetero) is 1. The van der Waals surface area contributed by atoms with Gasteiger partial charge in [0.2, 0.25) is 0 Å². The minimum Gasteiger partial charge on any atom is -0.462 e. The van der Waals surface area contributed by atoms with Crippen molar-refractivity contribution in [1.29, 1.82) is 0 Å². The van der Waals surface area contributed by atoms with Crippen LogP contribution in [0.2, 0.25) is 0 Å². The highest BCUT2D eigenvalue weighted by atomic mass is 32.2. The van der Waals surface area contributed by atoms with E-state index in [-0.39, 0.29) is 42.5 Å². The van der Waals surface area contributed by atoms with Gasteiger partial charge >= 0.3 is 5.97 Å². The molecule has 2 fully saturated rings. The fourth-order valence-corrected chi connectivity index (χ4v) is 4.93. The molecule has 4 rings (SSSR count). The van der Waals surface area contributed by atoms with Crippen molar-refractivity contribution in [2.24, 2.45) is 11.8 Å². The van der Waals surface area contributed by atoms with Crippen LogP contribution in [0.3, 0.4) is 0 Å². The van der Waals surface area contributed by atoms with Gasteiger partial charge < -0.3 is 9.84 Å². The lowest BCUT2D eigenvalue weighted by Gasteiger charge is -2.34. The summed E-state index contributed by atoms with van der Waals surface area (Å²) in [5, 5.41) is 12.5. The summed E-state index contributed by atoms with van der Waals surface area (Å²) < 4.78 is 5.46. The van der Waals surface area contributed by atoms with E-state index < -0.39 is 5.60 Å². The van der Waals surface area contributed by atoms with Gasteiger partial charge in [-0.15, -0.1) is 11.8 Å². The lowest BCUT2D eigenvalue weighted by Crippen LogP contribution is -2.47. The summed E-state index contributed by atoms with van der Waals surface area (Å²) in [7, 11) is 0. The zero-order valence-corrected chi connectivity index (χ0v) is 14.8. The zero-order chi connectivity index (χ0) is 17.6. The quantitative estimate of drug-likeness (QED) is 0.676. The smallest absolute Gasteiger partial charge is 0.310 e. The van der Waals surface area contributed by atoms with E-state index in [4.69, 9.17) is 4.74 Å². The first-order valence-corrected chi connectivity index (χ1v) is 9.50. The molecular weight excluding hydrogens is 336 g/mol. The molecule has 1 saturated heterocycles. The Hall–Kier alpha value is -1.85. The van der Waals surface area contributed by atoms with Crippen LogP contribution >= 0.6 is 11.8 Å². The van der Waals surface area contributed by atoms with Crippen molar-refractivity contribution in [3.63, 3.8) is 0 Å². The molecule has 0 unspecified atom stereocenters. The van der Waals surface area contributed by atoms with Gasteiger partial charge in [-0.05, 0) is 29.8 Å². The second kappa shape index (κ2) is 6.15. The van der Waals surface area contributed by atoms with Gasteiger partial charge in [-0.3, -0.25) is 9.59 Å². The lowest BCUT2D eigenvalue weighted by molar-refractivity contribution is -0.153. The number of benzene rings is 2. The number of fused-ring (bicyclic) bond motifs is 2. The Labute approximate surface area is 150 Å². The van der Waals surface area contributed by atoms with Crippen molar-refractivity contribution < 1.29 is 19.4 Å². The van der Waals surface area contributed by atoms with Gasteiger partial charge in [0.1, 0.15) is 11.7 Å². The fraction of sp³-hybridized carbons (Fsp3) is 0.400. The van der Waals surface area contributed by atoms with Gasteiger partial charge in [-0.1, -0.05) is 30.3 Å². The van der Waals surface area contributed by atoms with Crippen LogP contribution in [-0.4, -0.2) is 34.3 Å². The Bertz CT molecular complexity index is 844. The van der Waals surface area contributed by atoms with Crippen LogP contribution in [0.15, 0.2) is 47.4 Å². The van der Waals surface area contributed by atoms with Crippen LogP contribution in [0, 0.1) is 11.8 Å². The van der Waals surface area contributed by atoms with Crippen molar-refractivity contribution in [2.45, 2.75) is 36.4 Å². The van der Waals surface area contributed by atoms with Crippen LogP contribution in [0.4, 0.5) is 0 Å². The first kappa shape index (κ1) is 16.6. The normalized spacial score (nSPS) is 31.8. The molecule has 5 heteroatoms. The Morgan fingerprint density at radius 1 is 1.20 bits per heavy atom. The van der Waals surface area contributed by atoms with Crippen molar-refractivity contribution in [2.75, 3.05) is 5.75 Å². The molecule has 0 spiro atoms. The number of carbonyl (C=O) groups is 2. The first-order valence-electron chi connectivity index (χ1n) is 8.52. The number of ether oxygens (including phenoxy) is 1. The largest absolute Gasteiger partial charge is 0.462 e. The summed E-state index contributed by atoms with van der Waals surface area (Å²) in [6, 6.07) is 14.4. The van der Waals surface area contributed by atoms with E-state index in [1.807, 2.05) is 12.1 Å². The Balaban J connectivity index is 1.48. The number of esters is 1. The molecule has 1 aliphatic heterocycles. The second-order valence-electron chi connectivity index (χ2n) is 7.17. The summed E-state index contributed by atoms with van der Waals surface area (Å²) in [5.41, 5.74) is -1.37. The van der Waals surface area contributed by atoms with E-state index in [1.165, 1.54) is 17.7 Å². The van der Waals surface area contributed by atoms with Gasteiger partial charge in [0.25, 0.3) is 0 Å². The molecule has 25 heavy (non-hydrogen) atoms. The van der Waals surface area contributed by atoms with E-state index in [2.05, 4.69) is 30.3 Å². The first-order chi connectivity index (χ1) is 11.9. The number of rotatable bonds is 3. The van der Waals surface area contributed by atoms with Crippen molar-refractivity contribution in [1.82, 2.24) is 0 Å². The van der Waals surface area contributed by atoms with Crippen LogP contribution in [-0.2, 0) is 14.3 Å². The minimum absolute atomic E-state index is 0.117. The van der Waals surface area contributed by atoms with Crippen LogP contribution in [0.5, 0.6) is 0 Å². The molecular formula is C20H20O4S. The predicted octanol–water partition coefficient (Wildman–Crippen LogP) is 3.20. The molecule has 4 nitrogen and oxygen atoms in total. The molecule has 0 bridgehead atoms. The summed E-state index contributed by atoms with van der Waals surface area (Å²) in [5.74, 6) is -0.246. The third kappa shape index (κ3) is 3.07. The molecule has 0 radical (unpaired) electrons. The number of ketones is 1. The molecule has 0 aromatic heterocycles. The monoisotopic (exact) mass is 356 g/mol. The highest BCUT2D eigenvalue weighted by Gasteiger charge is 2.53. The summed E-state index contributed by atoms with van der Waals surface area (Å²) in [6.07, 6.45) is 0.0774. The molecule has 2 aliphatic rings. The molecule has 1 N–H and O–H groups in total. The third-order valence-corrected chi connectivity index (χ3v) is 6.45. The van der Waals surface area contributed by atoms with E-state index in [1.54, 1.807) is 11.8 Å². The molecule has 1 aliphatic carbocycles. The Kier molecular flexibility index (Phi) is 4.08. The van der Waals surface area contributed by atoms with Crippen molar-refractivity contribution in [3.05, 3.63) is 42.5 Å². The van der Waals surface area contributed by atoms with Gasteiger partial charge in [-0.2, -0.15) is 0 Å². The SMILES string of the molecule is C[C@]1(O)C[C@H]2OC(=O)[C@H](CSc3ccc4ccccc4c3)[C@H]2CC1=O. The van der Waals surface area contributed by atoms with Crippen LogP contribution < -0.4 is 0 Å². The fourth-order valence-electron chi connectivity index (χ4n) is 3.80. The average molecular weight is 356 g/mol. The average Bonchev–Trinajstić information content (AvgIpc) is 2.87. The topological polar surface area (TPSA) is 63.6 Å². The van der Waals surface area contributed by atoms with E-state index in [0.717, 1.165) is 4.90 Å². The molecule has 2 aromatic rings. The van der Waals surface area contributed by atoms with Gasteiger partial charge in [-0.25, -0.2) is 0 Å². The zero-order valence-electron chi connectivity index (χ0n) is 14.0. The minimum atomic E-state index is -1.37. The van der Waals surface area contributed by atoms with Gasteiger partial charge in [0.15, 0.2) is 5.78 Å². The molecule has 0 amide bonds. The second-order valence-corrected chi connectivity index (χ2v) is 8.26. The highest BCUT2D eigenvalue weighted by molar-refractivity contribution is 7.99. The molecule has 2 aromatic carbocycles. The Morgan fingerprint density at radius 2 is 1.96 bits per heavy atom. The van der Waals surface area contributed by atoms with Crippen LogP contribution in [0.1, 0.15) is 19.8 Å². The predicted molar refractivity (Wildman–Crippen MR) is 96.4 cm³/mol. The third-order valence-electron chi connectivity index (χ3n) is 5.34. The van der Waals surface area contributed by atoms with Gasteiger partial charge in [0, 0.05) is 29.4 Å². The summed E-state index contributed by atoms with van der Waals surface area (Å²) in [4.78, 5) is 25.5. The van der Waals surface area contributed by atoms with E-state index in [0.29, 0.717) is 5.75 Å². The summed E-state index contributed by atoms with van der Waals surface area (Å²) >= 11 is 1.62.